The number of benzene rings is 1. The van der Waals surface area contributed by atoms with E-state index in [0.717, 1.165) is 22.5 Å². The maximum absolute atomic E-state index is 4.58. The number of thioether (sulfide) groups is 1. The number of aromatic nitrogens is 2. The summed E-state index contributed by atoms with van der Waals surface area (Å²) in [5.74, 6) is 0.889. The Balaban J connectivity index is 2.32. The Morgan fingerprint density at radius 2 is 1.95 bits per heavy atom. The average Bonchev–Trinajstić information content (AvgIpc) is 2.43. The van der Waals surface area contributed by atoms with Crippen molar-refractivity contribution in [3.05, 3.63) is 35.4 Å². The smallest absolute Gasteiger partial charge is 0.190 e. The van der Waals surface area contributed by atoms with E-state index >= 15 is 0 Å². The van der Waals surface area contributed by atoms with E-state index in [0.29, 0.717) is 0 Å². The molecule has 0 fully saturated rings. The van der Waals surface area contributed by atoms with Gasteiger partial charge in [-0.2, -0.15) is 0 Å². The van der Waals surface area contributed by atoms with E-state index in [1.807, 2.05) is 12.3 Å². The zero-order valence-electron chi connectivity index (χ0n) is 12.2. The van der Waals surface area contributed by atoms with Crippen LogP contribution in [0.1, 0.15) is 18.1 Å². The fraction of sp³-hybridized carbons (Fsp3) is 0.333. The highest BCUT2D eigenvalue weighted by molar-refractivity contribution is 7.99. The van der Waals surface area contributed by atoms with Crippen LogP contribution >= 0.6 is 23.5 Å². The van der Waals surface area contributed by atoms with Gasteiger partial charge in [-0.3, -0.25) is 0 Å². The summed E-state index contributed by atoms with van der Waals surface area (Å²) in [6.45, 7) is 7.17. The summed E-state index contributed by atoms with van der Waals surface area (Å²) in [6.07, 6.45) is 2.00. The van der Waals surface area contributed by atoms with E-state index in [4.69, 9.17) is 0 Å². The predicted molar refractivity (Wildman–Crippen MR) is 88.0 cm³/mol. The van der Waals surface area contributed by atoms with E-state index in [-0.39, 0.29) is 0 Å². The lowest BCUT2D eigenvalue weighted by atomic mass is 10.2. The van der Waals surface area contributed by atoms with Crippen molar-refractivity contribution in [3.63, 3.8) is 0 Å². The number of nitrogens with one attached hydrogen (secondary N) is 1. The second-order valence-corrected chi connectivity index (χ2v) is 6.32. The number of aryl methyl sites for hydroxylation is 2. The van der Waals surface area contributed by atoms with Crippen LogP contribution in [-0.2, 0) is 0 Å². The zero-order chi connectivity index (χ0) is 14.5. The van der Waals surface area contributed by atoms with E-state index in [9.17, 15) is 0 Å². The van der Waals surface area contributed by atoms with Crippen LogP contribution in [0, 0.1) is 13.8 Å². The Hall–Kier alpha value is -1.20. The fourth-order valence-electron chi connectivity index (χ4n) is 1.75. The van der Waals surface area contributed by atoms with Gasteiger partial charge in [-0.05, 0) is 44.2 Å². The summed E-state index contributed by atoms with van der Waals surface area (Å²) in [7, 11) is 0. The minimum Gasteiger partial charge on any atom is -0.370 e. The van der Waals surface area contributed by atoms with E-state index in [1.165, 1.54) is 16.0 Å². The standard InChI is InChI=1S/C15H19N3S2/c1-5-16-13-9-14(18-15(17-13)19-4)20-12-8-10(2)6-7-11(12)3/h6-9H,5H2,1-4H3,(H,16,17,18). The third-order valence-electron chi connectivity index (χ3n) is 2.78. The minimum atomic E-state index is 0.802. The van der Waals surface area contributed by atoms with Gasteiger partial charge >= 0.3 is 0 Å². The topological polar surface area (TPSA) is 37.8 Å². The Kier molecular flexibility index (Phi) is 5.31. The Bertz CT molecular complexity index is 600. The van der Waals surface area contributed by atoms with Gasteiger partial charge in [0, 0.05) is 17.5 Å². The van der Waals surface area contributed by atoms with Crippen molar-refractivity contribution in [2.24, 2.45) is 0 Å². The van der Waals surface area contributed by atoms with Gasteiger partial charge in [0.25, 0.3) is 0 Å². The summed E-state index contributed by atoms with van der Waals surface area (Å²) < 4.78 is 0. The van der Waals surface area contributed by atoms with Gasteiger partial charge in [-0.15, -0.1) is 0 Å². The highest BCUT2D eigenvalue weighted by Crippen LogP contribution is 2.31. The van der Waals surface area contributed by atoms with Crippen molar-refractivity contribution in [2.75, 3.05) is 18.1 Å². The van der Waals surface area contributed by atoms with Crippen molar-refractivity contribution >= 4 is 29.3 Å². The molecule has 0 spiro atoms. The maximum Gasteiger partial charge on any atom is 0.190 e. The van der Waals surface area contributed by atoms with Crippen molar-refractivity contribution in [2.45, 2.75) is 35.8 Å². The van der Waals surface area contributed by atoms with Gasteiger partial charge in [-0.25, -0.2) is 9.97 Å². The molecule has 0 radical (unpaired) electrons. The molecule has 1 heterocycles. The molecule has 0 bridgehead atoms. The van der Waals surface area contributed by atoms with E-state index < -0.39 is 0 Å². The van der Waals surface area contributed by atoms with Gasteiger partial charge in [0.2, 0.25) is 0 Å². The van der Waals surface area contributed by atoms with Gasteiger partial charge in [-0.1, -0.05) is 35.7 Å². The molecule has 2 aromatic rings. The number of rotatable bonds is 5. The second-order valence-electron chi connectivity index (χ2n) is 4.48. The van der Waals surface area contributed by atoms with Gasteiger partial charge in [0.1, 0.15) is 10.8 Å². The van der Waals surface area contributed by atoms with Crippen LogP contribution in [0.4, 0.5) is 5.82 Å². The number of anilines is 1. The van der Waals surface area contributed by atoms with E-state index in [1.54, 1.807) is 23.5 Å². The lowest BCUT2D eigenvalue weighted by molar-refractivity contribution is 0.891. The Morgan fingerprint density at radius 3 is 2.65 bits per heavy atom. The number of hydrogen-bond acceptors (Lipinski definition) is 5. The average molecular weight is 305 g/mol. The molecule has 0 saturated carbocycles. The molecule has 1 aromatic carbocycles. The summed E-state index contributed by atoms with van der Waals surface area (Å²) in [4.78, 5) is 10.3. The summed E-state index contributed by atoms with van der Waals surface area (Å²) in [5, 5.41) is 5.04. The Labute approximate surface area is 129 Å². The molecular formula is C15H19N3S2. The SMILES string of the molecule is CCNc1cc(Sc2cc(C)ccc2C)nc(SC)n1. The third-order valence-corrected chi connectivity index (χ3v) is 4.41. The van der Waals surface area contributed by atoms with Gasteiger partial charge in [0.15, 0.2) is 5.16 Å². The molecule has 0 unspecified atom stereocenters. The van der Waals surface area contributed by atoms with Crippen LogP contribution in [0.25, 0.3) is 0 Å². The Morgan fingerprint density at radius 1 is 1.15 bits per heavy atom. The molecule has 3 nitrogen and oxygen atoms in total. The van der Waals surface area contributed by atoms with Crippen molar-refractivity contribution in [1.29, 1.82) is 0 Å². The van der Waals surface area contributed by atoms with Gasteiger partial charge in [0.05, 0.1) is 0 Å². The quantitative estimate of drug-likeness (QED) is 0.503. The first-order valence-corrected chi connectivity index (χ1v) is 8.58. The largest absolute Gasteiger partial charge is 0.370 e. The molecule has 20 heavy (non-hydrogen) atoms. The number of hydrogen-bond donors (Lipinski definition) is 1. The van der Waals surface area contributed by atoms with Crippen LogP contribution < -0.4 is 5.32 Å². The van der Waals surface area contributed by atoms with E-state index in [2.05, 4.69) is 54.3 Å². The molecule has 0 atom stereocenters. The molecule has 0 aliphatic heterocycles. The predicted octanol–water partition coefficient (Wildman–Crippen LogP) is 4.40. The van der Waals surface area contributed by atoms with Gasteiger partial charge < -0.3 is 5.32 Å². The van der Waals surface area contributed by atoms with Crippen LogP contribution in [0.15, 0.2) is 39.3 Å². The number of nitrogens with zero attached hydrogens (tertiary/aromatic N) is 2. The van der Waals surface area contributed by atoms with Crippen LogP contribution in [-0.4, -0.2) is 22.8 Å². The van der Waals surface area contributed by atoms with Crippen LogP contribution in [0.5, 0.6) is 0 Å². The second kappa shape index (κ2) is 6.99. The molecule has 1 aromatic heterocycles. The minimum absolute atomic E-state index is 0.802. The normalized spacial score (nSPS) is 10.6. The molecule has 2 rings (SSSR count). The molecule has 0 aliphatic carbocycles. The summed E-state index contributed by atoms with van der Waals surface area (Å²) >= 11 is 3.26. The molecule has 106 valence electrons. The summed E-state index contributed by atoms with van der Waals surface area (Å²) in [5.41, 5.74) is 2.54. The first-order valence-electron chi connectivity index (χ1n) is 6.54. The molecule has 5 heteroatoms. The molecule has 1 N–H and O–H groups in total. The van der Waals surface area contributed by atoms with Crippen molar-refractivity contribution in [1.82, 2.24) is 9.97 Å². The van der Waals surface area contributed by atoms with Crippen molar-refractivity contribution in [3.8, 4) is 0 Å². The maximum atomic E-state index is 4.58. The van der Waals surface area contributed by atoms with Crippen molar-refractivity contribution < 1.29 is 0 Å². The highest BCUT2D eigenvalue weighted by Gasteiger charge is 2.07. The highest BCUT2D eigenvalue weighted by atomic mass is 32.2. The first-order chi connectivity index (χ1) is 9.62. The zero-order valence-corrected chi connectivity index (χ0v) is 13.9. The summed E-state index contributed by atoms with van der Waals surface area (Å²) in [6, 6.07) is 8.50. The monoisotopic (exact) mass is 305 g/mol. The van der Waals surface area contributed by atoms with Crippen LogP contribution in [0.2, 0.25) is 0 Å². The molecule has 0 amide bonds. The molecule has 0 aliphatic rings. The third kappa shape index (κ3) is 3.90. The molecular weight excluding hydrogens is 286 g/mol. The fourth-order valence-corrected chi connectivity index (χ4v) is 3.19. The lowest BCUT2D eigenvalue weighted by Gasteiger charge is -2.09. The first kappa shape index (κ1) is 15.2. The van der Waals surface area contributed by atoms with Crippen LogP contribution in [0.3, 0.4) is 0 Å². The molecule has 0 saturated heterocycles. The lowest BCUT2D eigenvalue weighted by Crippen LogP contribution is -2.01.